The fraction of sp³-hybridized carbons (Fsp3) is 0.385. The molecule has 1 aromatic carbocycles. The van der Waals surface area contributed by atoms with E-state index in [2.05, 4.69) is 62.0 Å². The number of nitrogens with one attached hydrogen (secondary N) is 1. The van der Waals surface area contributed by atoms with Crippen LogP contribution in [0.5, 0.6) is 0 Å². The van der Waals surface area contributed by atoms with Gasteiger partial charge in [0.05, 0.1) is 10.6 Å². The average Bonchev–Trinajstić information content (AvgIpc) is 2.78. The standard InChI is InChI=1S/C13H16BrN3S/c1-3-15-12(13-9(2)16-17-18-13)8-10-4-6-11(14)7-5-10/h4-7,12,15H,3,8H2,1-2H3. The molecule has 1 N–H and O–H groups in total. The second-order valence-electron chi connectivity index (χ2n) is 4.16. The Bertz CT molecular complexity index is 495. The molecule has 0 radical (unpaired) electrons. The summed E-state index contributed by atoms with van der Waals surface area (Å²) in [5, 5.41) is 7.60. The molecule has 0 aliphatic heterocycles. The van der Waals surface area contributed by atoms with Crippen LogP contribution in [-0.4, -0.2) is 16.1 Å². The lowest BCUT2D eigenvalue weighted by Crippen LogP contribution is -2.22. The first-order valence-corrected chi connectivity index (χ1v) is 7.54. The van der Waals surface area contributed by atoms with Crippen LogP contribution in [0.4, 0.5) is 0 Å². The van der Waals surface area contributed by atoms with Crippen molar-refractivity contribution in [2.45, 2.75) is 26.3 Å². The van der Waals surface area contributed by atoms with E-state index in [0.717, 1.165) is 23.1 Å². The van der Waals surface area contributed by atoms with Crippen LogP contribution in [0.3, 0.4) is 0 Å². The molecule has 18 heavy (non-hydrogen) atoms. The Morgan fingerprint density at radius 2 is 2.06 bits per heavy atom. The van der Waals surface area contributed by atoms with E-state index in [4.69, 9.17) is 0 Å². The van der Waals surface area contributed by atoms with Crippen LogP contribution in [0.2, 0.25) is 0 Å². The van der Waals surface area contributed by atoms with Gasteiger partial charge in [0.15, 0.2) is 0 Å². The van der Waals surface area contributed by atoms with Crippen LogP contribution in [0.1, 0.15) is 29.1 Å². The molecule has 0 amide bonds. The van der Waals surface area contributed by atoms with Gasteiger partial charge in [0.2, 0.25) is 0 Å². The number of rotatable bonds is 5. The maximum Gasteiger partial charge on any atom is 0.0772 e. The van der Waals surface area contributed by atoms with Crippen molar-refractivity contribution in [3.05, 3.63) is 44.9 Å². The van der Waals surface area contributed by atoms with Crippen LogP contribution in [0.15, 0.2) is 28.7 Å². The molecular formula is C13H16BrN3S. The van der Waals surface area contributed by atoms with Crippen molar-refractivity contribution in [2.24, 2.45) is 0 Å². The zero-order valence-corrected chi connectivity index (χ0v) is 12.9. The third kappa shape index (κ3) is 3.37. The molecule has 1 heterocycles. The topological polar surface area (TPSA) is 37.8 Å². The summed E-state index contributed by atoms with van der Waals surface area (Å²) >= 11 is 4.95. The zero-order valence-electron chi connectivity index (χ0n) is 10.5. The summed E-state index contributed by atoms with van der Waals surface area (Å²) in [5.41, 5.74) is 2.35. The zero-order chi connectivity index (χ0) is 13.0. The van der Waals surface area contributed by atoms with Crippen molar-refractivity contribution in [2.75, 3.05) is 6.54 Å². The molecular weight excluding hydrogens is 310 g/mol. The van der Waals surface area contributed by atoms with E-state index in [1.165, 1.54) is 22.0 Å². The molecule has 0 spiro atoms. The fourth-order valence-corrected chi connectivity index (χ4v) is 2.90. The monoisotopic (exact) mass is 325 g/mol. The molecule has 0 bridgehead atoms. The minimum absolute atomic E-state index is 0.302. The summed E-state index contributed by atoms with van der Waals surface area (Å²) in [6.45, 7) is 5.08. The van der Waals surface area contributed by atoms with Crippen molar-refractivity contribution in [3.63, 3.8) is 0 Å². The van der Waals surface area contributed by atoms with Crippen molar-refractivity contribution in [1.82, 2.24) is 14.9 Å². The molecule has 2 aromatic rings. The molecule has 0 aliphatic carbocycles. The average molecular weight is 326 g/mol. The summed E-state index contributed by atoms with van der Waals surface area (Å²) in [5.74, 6) is 0. The lowest BCUT2D eigenvalue weighted by Gasteiger charge is -2.16. The van der Waals surface area contributed by atoms with Gasteiger partial charge in [-0.15, -0.1) is 5.10 Å². The molecule has 0 aliphatic rings. The van der Waals surface area contributed by atoms with Gasteiger partial charge in [0, 0.05) is 10.5 Å². The summed E-state index contributed by atoms with van der Waals surface area (Å²) in [7, 11) is 0. The lowest BCUT2D eigenvalue weighted by atomic mass is 10.0. The maximum absolute atomic E-state index is 4.10. The van der Waals surface area contributed by atoms with Crippen LogP contribution in [-0.2, 0) is 6.42 Å². The second-order valence-corrected chi connectivity index (χ2v) is 5.86. The molecule has 0 fully saturated rings. The van der Waals surface area contributed by atoms with Crippen LogP contribution in [0, 0.1) is 6.92 Å². The minimum atomic E-state index is 0.302. The summed E-state index contributed by atoms with van der Waals surface area (Å²) in [6.07, 6.45) is 0.964. The van der Waals surface area contributed by atoms with Gasteiger partial charge in [0.1, 0.15) is 0 Å². The molecule has 3 nitrogen and oxygen atoms in total. The smallest absolute Gasteiger partial charge is 0.0772 e. The van der Waals surface area contributed by atoms with E-state index < -0.39 is 0 Å². The molecule has 1 unspecified atom stereocenters. The Kier molecular flexibility index (Phi) is 4.86. The van der Waals surface area contributed by atoms with Gasteiger partial charge in [-0.25, -0.2) is 0 Å². The Balaban J connectivity index is 2.16. The van der Waals surface area contributed by atoms with E-state index in [0.29, 0.717) is 6.04 Å². The highest BCUT2D eigenvalue weighted by molar-refractivity contribution is 9.10. The number of hydrogen-bond donors (Lipinski definition) is 1. The highest BCUT2D eigenvalue weighted by Crippen LogP contribution is 2.24. The van der Waals surface area contributed by atoms with E-state index in [-0.39, 0.29) is 0 Å². The summed E-state index contributed by atoms with van der Waals surface area (Å²) < 4.78 is 5.14. The van der Waals surface area contributed by atoms with Crippen molar-refractivity contribution < 1.29 is 0 Å². The maximum atomic E-state index is 4.10. The fourth-order valence-electron chi connectivity index (χ4n) is 1.92. The molecule has 2 rings (SSSR count). The molecule has 1 aromatic heterocycles. The molecule has 1 atom stereocenters. The number of aromatic nitrogens is 2. The number of nitrogens with zero attached hydrogens (tertiary/aromatic N) is 2. The van der Waals surface area contributed by atoms with Crippen LogP contribution in [0.25, 0.3) is 0 Å². The van der Waals surface area contributed by atoms with E-state index in [9.17, 15) is 0 Å². The van der Waals surface area contributed by atoms with Gasteiger partial charge in [-0.3, -0.25) is 0 Å². The molecule has 5 heteroatoms. The Labute approximate surface area is 120 Å². The minimum Gasteiger partial charge on any atom is -0.309 e. The third-order valence-electron chi connectivity index (χ3n) is 2.81. The van der Waals surface area contributed by atoms with Gasteiger partial charge in [-0.05, 0) is 49.1 Å². The normalized spacial score (nSPS) is 12.6. The van der Waals surface area contributed by atoms with E-state index in [1.54, 1.807) is 0 Å². The Morgan fingerprint density at radius 3 is 2.61 bits per heavy atom. The van der Waals surface area contributed by atoms with Crippen molar-refractivity contribution in [1.29, 1.82) is 0 Å². The first kappa shape index (κ1) is 13.6. The predicted molar refractivity (Wildman–Crippen MR) is 78.9 cm³/mol. The largest absolute Gasteiger partial charge is 0.309 e. The molecule has 96 valence electrons. The van der Waals surface area contributed by atoms with Crippen LogP contribution >= 0.6 is 27.5 Å². The van der Waals surface area contributed by atoms with Gasteiger partial charge < -0.3 is 5.32 Å². The highest BCUT2D eigenvalue weighted by atomic mass is 79.9. The number of halogens is 1. The Hall–Kier alpha value is -0.780. The quantitative estimate of drug-likeness (QED) is 0.914. The third-order valence-corrected chi connectivity index (χ3v) is 4.28. The van der Waals surface area contributed by atoms with E-state index >= 15 is 0 Å². The van der Waals surface area contributed by atoms with Gasteiger partial charge in [-0.2, -0.15) is 0 Å². The summed E-state index contributed by atoms with van der Waals surface area (Å²) in [6, 6.07) is 8.76. The van der Waals surface area contributed by atoms with Crippen LogP contribution < -0.4 is 5.32 Å². The van der Waals surface area contributed by atoms with Crippen molar-refractivity contribution >= 4 is 27.5 Å². The van der Waals surface area contributed by atoms with Gasteiger partial charge in [0.25, 0.3) is 0 Å². The molecule has 0 saturated carbocycles. The first-order chi connectivity index (χ1) is 8.70. The second kappa shape index (κ2) is 6.41. The molecule has 0 saturated heterocycles. The summed E-state index contributed by atoms with van der Waals surface area (Å²) in [4.78, 5) is 1.24. The lowest BCUT2D eigenvalue weighted by molar-refractivity contribution is 0.554. The van der Waals surface area contributed by atoms with Gasteiger partial charge in [-0.1, -0.05) is 39.5 Å². The Morgan fingerprint density at radius 1 is 1.33 bits per heavy atom. The first-order valence-electron chi connectivity index (χ1n) is 5.97. The van der Waals surface area contributed by atoms with Gasteiger partial charge >= 0.3 is 0 Å². The number of aryl methyl sites for hydroxylation is 1. The highest BCUT2D eigenvalue weighted by Gasteiger charge is 2.16. The predicted octanol–water partition coefficient (Wildman–Crippen LogP) is 3.50. The number of likely N-dealkylation sites (N-methyl/N-ethyl adjacent to an activating group) is 1. The SMILES string of the molecule is CCNC(Cc1ccc(Br)cc1)c1snnc1C. The van der Waals surface area contributed by atoms with Crippen molar-refractivity contribution in [3.8, 4) is 0 Å². The number of benzene rings is 1. The number of hydrogen-bond acceptors (Lipinski definition) is 4. The van der Waals surface area contributed by atoms with E-state index in [1.807, 2.05) is 6.92 Å².